The highest BCUT2D eigenvalue weighted by Crippen LogP contribution is 2.22. The van der Waals surface area contributed by atoms with Gasteiger partial charge in [0.25, 0.3) is 5.91 Å². The number of nitrogens with one attached hydrogen (secondary N) is 2. The van der Waals surface area contributed by atoms with Crippen LogP contribution in [0.1, 0.15) is 29.8 Å². The summed E-state index contributed by atoms with van der Waals surface area (Å²) in [6.45, 7) is 4.07. The average molecular weight is 405 g/mol. The summed E-state index contributed by atoms with van der Waals surface area (Å²) in [7, 11) is 3.02. The van der Waals surface area contributed by atoms with Crippen molar-refractivity contribution in [1.82, 2.24) is 10.6 Å². The number of amides is 2. The molecular formula is C21H25ClN2O4. The summed E-state index contributed by atoms with van der Waals surface area (Å²) in [6.07, 6.45) is 0. The van der Waals surface area contributed by atoms with Crippen LogP contribution >= 0.6 is 11.6 Å². The maximum atomic E-state index is 12.7. The molecule has 0 bridgehead atoms. The van der Waals surface area contributed by atoms with Gasteiger partial charge in [-0.1, -0.05) is 37.6 Å². The van der Waals surface area contributed by atoms with Crippen molar-refractivity contribution in [1.29, 1.82) is 0 Å². The van der Waals surface area contributed by atoms with Gasteiger partial charge in [-0.25, -0.2) is 0 Å². The quantitative estimate of drug-likeness (QED) is 0.706. The third kappa shape index (κ3) is 5.89. The number of carbonyl (C=O) groups excluding carboxylic acids is 2. The molecule has 1 unspecified atom stereocenters. The van der Waals surface area contributed by atoms with Crippen molar-refractivity contribution >= 4 is 23.4 Å². The lowest BCUT2D eigenvalue weighted by atomic mass is 10.0. The van der Waals surface area contributed by atoms with Crippen molar-refractivity contribution in [3.8, 4) is 11.5 Å². The molecule has 6 nitrogen and oxygen atoms in total. The molecule has 1 atom stereocenters. The molecule has 0 fully saturated rings. The number of hydrogen-bond acceptors (Lipinski definition) is 4. The smallest absolute Gasteiger partial charge is 0.252 e. The van der Waals surface area contributed by atoms with Gasteiger partial charge in [-0.15, -0.1) is 0 Å². The Morgan fingerprint density at radius 3 is 2.21 bits per heavy atom. The molecule has 0 aliphatic rings. The predicted molar refractivity (Wildman–Crippen MR) is 109 cm³/mol. The Morgan fingerprint density at radius 2 is 1.68 bits per heavy atom. The van der Waals surface area contributed by atoms with Crippen LogP contribution in [0.25, 0.3) is 0 Å². The van der Waals surface area contributed by atoms with Gasteiger partial charge in [0.15, 0.2) is 0 Å². The Hall–Kier alpha value is -2.73. The van der Waals surface area contributed by atoms with Crippen molar-refractivity contribution in [2.75, 3.05) is 14.2 Å². The van der Waals surface area contributed by atoms with Crippen molar-refractivity contribution in [3.63, 3.8) is 0 Å². The van der Waals surface area contributed by atoms with Crippen LogP contribution in [0.5, 0.6) is 11.5 Å². The molecule has 0 spiro atoms. The summed E-state index contributed by atoms with van der Waals surface area (Å²) in [5.41, 5.74) is 1.23. The van der Waals surface area contributed by atoms with Crippen molar-refractivity contribution in [2.45, 2.75) is 26.4 Å². The highest BCUT2D eigenvalue weighted by molar-refractivity contribution is 6.30. The molecule has 150 valence electrons. The number of rotatable bonds is 8. The van der Waals surface area contributed by atoms with E-state index in [1.807, 2.05) is 26.0 Å². The molecule has 0 aliphatic heterocycles. The summed E-state index contributed by atoms with van der Waals surface area (Å²) in [5, 5.41) is 6.25. The zero-order chi connectivity index (χ0) is 20.7. The lowest BCUT2D eigenvalue weighted by Gasteiger charge is -2.22. The number of halogens is 1. The first-order valence-corrected chi connectivity index (χ1v) is 9.28. The Morgan fingerprint density at radius 1 is 1.04 bits per heavy atom. The second-order valence-corrected chi connectivity index (χ2v) is 7.08. The van der Waals surface area contributed by atoms with Gasteiger partial charge in [0.2, 0.25) is 5.91 Å². The minimum atomic E-state index is -0.691. The van der Waals surface area contributed by atoms with E-state index < -0.39 is 6.04 Å². The van der Waals surface area contributed by atoms with Crippen LogP contribution < -0.4 is 20.1 Å². The second kappa shape index (κ2) is 9.99. The first-order chi connectivity index (χ1) is 13.3. The number of methoxy groups -OCH3 is 2. The van der Waals surface area contributed by atoms with Crippen LogP contribution in [0, 0.1) is 5.92 Å². The molecule has 0 aromatic heterocycles. The Bertz CT molecular complexity index is 817. The van der Waals surface area contributed by atoms with Crippen LogP contribution in [0.4, 0.5) is 0 Å². The SMILES string of the molecule is COc1cc(OC)cc(C(=O)NC(C(=O)NCc2cccc(Cl)c2)C(C)C)c1. The van der Waals surface area contributed by atoms with Crippen LogP contribution in [0.2, 0.25) is 5.02 Å². The van der Waals surface area contributed by atoms with E-state index in [1.54, 1.807) is 30.3 Å². The molecular weight excluding hydrogens is 380 g/mol. The monoisotopic (exact) mass is 404 g/mol. The van der Waals surface area contributed by atoms with E-state index in [-0.39, 0.29) is 17.7 Å². The highest BCUT2D eigenvalue weighted by Gasteiger charge is 2.25. The molecule has 2 aromatic rings. The summed E-state index contributed by atoms with van der Waals surface area (Å²) in [5.74, 6) is 0.245. The average Bonchev–Trinajstić information content (AvgIpc) is 2.69. The van der Waals surface area contributed by atoms with Crippen LogP contribution in [-0.4, -0.2) is 32.1 Å². The largest absolute Gasteiger partial charge is 0.497 e. The standard InChI is InChI=1S/C21H25ClN2O4/c1-13(2)19(21(26)23-12-14-6-5-7-16(22)8-14)24-20(25)15-9-17(27-3)11-18(10-15)28-4/h5-11,13,19H,12H2,1-4H3,(H,23,26)(H,24,25). The van der Waals surface area contributed by atoms with E-state index in [2.05, 4.69) is 10.6 Å². The third-order valence-electron chi connectivity index (χ3n) is 4.21. The Labute approximate surface area is 170 Å². The van der Waals surface area contributed by atoms with Crippen molar-refractivity contribution in [3.05, 3.63) is 58.6 Å². The number of carbonyl (C=O) groups is 2. The van der Waals surface area contributed by atoms with Crippen LogP contribution in [-0.2, 0) is 11.3 Å². The van der Waals surface area contributed by atoms with E-state index in [0.717, 1.165) is 5.56 Å². The van der Waals surface area contributed by atoms with Gasteiger partial charge < -0.3 is 20.1 Å². The molecule has 2 rings (SSSR count). The molecule has 2 amide bonds. The minimum Gasteiger partial charge on any atom is -0.497 e. The van der Waals surface area contributed by atoms with E-state index in [4.69, 9.17) is 21.1 Å². The fourth-order valence-electron chi connectivity index (χ4n) is 2.64. The molecule has 7 heteroatoms. The van der Waals surface area contributed by atoms with Crippen LogP contribution in [0.3, 0.4) is 0 Å². The Balaban J connectivity index is 2.09. The van der Waals surface area contributed by atoms with Gasteiger partial charge in [0.05, 0.1) is 14.2 Å². The van der Waals surface area contributed by atoms with E-state index in [9.17, 15) is 9.59 Å². The van der Waals surface area contributed by atoms with Gasteiger partial charge in [-0.05, 0) is 35.7 Å². The second-order valence-electron chi connectivity index (χ2n) is 6.64. The molecule has 0 saturated heterocycles. The summed E-state index contributed by atoms with van der Waals surface area (Å²) >= 11 is 5.97. The molecule has 2 N–H and O–H groups in total. The molecule has 0 aliphatic carbocycles. The molecule has 0 radical (unpaired) electrons. The first-order valence-electron chi connectivity index (χ1n) is 8.90. The fraction of sp³-hybridized carbons (Fsp3) is 0.333. The molecule has 28 heavy (non-hydrogen) atoms. The summed E-state index contributed by atoms with van der Waals surface area (Å²) < 4.78 is 10.4. The number of hydrogen-bond donors (Lipinski definition) is 2. The predicted octanol–water partition coefficient (Wildman–Crippen LogP) is 3.43. The number of ether oxygens (including phenoxy) is 2. The minimum absolute atomic E-state index is 0.101. The topological polar surface area (TPSA) is 76.7 Å². The Kier molecular flexibility index (Phi) is 7.70. The highest BCUT2D eigenvalue weighted by atomic mass is 35.5. The van der Waals surface area contributed by atoms with Crippen LogP contribution in [0.15, 0.2) is 42.5 Å². The van der Waals surface area contributed by atoms with Crippen molar-refractivity contribution < 1.29 is 19.1 Å². The normalized spacial score (nSPS) is 11.6. The zero-order valence-electron chi connectivity index (χ0n) is 16.4. The van der Waals surface area contributed by atoms with Gasteiger partial charge in [0, 0.05) is 23.2 Å². The van der Waals surface area contributed by atoms with Gasteiger partial charge >= 0.3 is 0 Å². The fourth-order valence-corrected chi connectivity index (χ4v) is 2.86. The summed E-state index contributed by atoms with van der Waals surface area (Å²) in [6, 6.07) is 11.4. The maximum Gasteiger partial charge on any atom is 0.252 e. The zero-order valence-corrected chi connectivity index (χ0v) is 17.2. The summed E-state index contributed by atoms with van der Waals surface area (Å²) in [4.78, 5) is 25.3. The van der Waals surface area contributed by atoms with E-state index >= 15 is 0 Å². The maximum absolute atomic E-state index is 12.7. The van der Waals surface area contributed by atoms with E-state index in [0.29, 0.717) is 28.6 Å². The molecule has 0 saturated carbocycles. The first kappa shape index (κ1) is 21.6. The molecule has 0 heterocycles. The lowest BCUT2D eigenvalue weighted by molar-refractivity contribution is -0.124. The van der Waals surface area contributed by atoms with Crippen molar-refractivity contribution in [2.24, 2.45) is 5.92 Å². The van der Waals surface area contributed by atoms with Gasteiger partial charge in [0.1, 0.15) is 17.5 Å². The number of benzene rings is 2. The van der Waals surface area contributed by atoms with Gasteiger partial charge in [-0.2, -0.15) is 0 Å². The van der Waals surface area contributed by atoms with E-state index in [1.165, 1.54) is 14.2 Å². The lowest BCUT2D eigenvalue weighted by Crippen LogP contribution is -2.49. The molecule has 2 aromatic carbocycles. The van der Waals surface area contributed by atoms with Gasteiger partial charge in [-0.3, -0.25) is 9.59 Å². The third-order valence-corrected chi connectivity index (χ3v) is 4.44.